The molecule has 2 aromatic carbocycles. The molecule has 0 saturated heterocycles. The monoisotopic (exact) mass is 536 g/mol. The molecule has 0 saturated carbocycles. The minimum absolute atomic E-state index is 0.128. The molecule has 31 heavy (non-hydrogen) atoms. The summed E-state index contributed by atoms with van der Waals surface area (Å²) in [5.41, 5.74) is 3.20. The molecule has 0 bridgehead atoms. The van der Waals surface area contributed by atoms with Crippen LogP contribution >= 0.6 is 22.6 Å². The first-order chi connectivity index (χ1) is 14.8. The van der Waals surface area contributed by atoms with E-state index in [4.69, 9.17) is 9.47 Å². The molecule has 5 nitrogen and oxygen atoms in total. The summed E-state index contributed by atoms with van der Waals surface area (Å²) in [5, 5.41) is 30.1. The zero-order valence-corrected chi connectivity index (χ0v) is 20.0. The van der Waals surface area contributed by atoms with Crippen LogP contribution in [0.5, 0.6) is 17.2 Å². The van der Waals surface area contributed by atoms with Crippen molar-refractivity contribution in [1.29, 1.82) is 0 Å². The summed E-state index contributed by atoms with van der Waals surface area (Å²) in [6.07, 6.45) is 3.94. The zero-order valence-electron chi connectivity index (χ0n) is 17.8. The second kappa shape index (κ2) is 12.5. The first kappa shape index (κ1) is 25.0. The number of phenols is 1. The summed E-state index contributed by atoms with van der Waals surface area (Å²) in [4.78, 5) is 0. The number of benzene rings is 2. The smallest absolute Gasteiger partial charge is 0.171 e. The molecule has 0 aliphatic rings. The Hall–Kier alpha value is -2.29. The molecule has 166 valence electrons. The van der Waals surface area contributed by atoms with E-state index in [0.29, 0.717) is 33.3 Å². The Morgan fingerprint density at radius 1 is 1.23 bits per heavy atom. The third-order valence-corrected chi connectivity index (χ3v) is 5.55. The number of methoxy groups -OCH3 is 1. The van der Waals surface area contributed by atoms with Gasteiger partial charge in [0.15, 0.2) is 11.5 Å². The second-order valence-corrected chi connectivity index (χ2v) is 8.31. The molecule has 0 aliphatic heterocycles. The van der Waals surface area contributed by atoms with Gasteiger partial charge in [-0.1, -0.05) is 42.5 Å². The molecule has 1 unspecified atom stereocenters. The lowest BCUT2D eigenvalue weighted by Gasteiger charge is -2.18. The molecule has 3 N–H and O–H groups in total. The van der Waals surface area contributed by atoms with Crippen molar-refractivity contribution < 1.29 is 24.8 Å². The van der Waals surface area contributed by atoms with Crippen LogP contribution in [0.4, 0.5) is 0 Å². The molecular formula is C25H29IO5. The second-order valence-electron chi connectivity index (χ2n) is 7.15. The highest BCUT2D eigenvalue weighted by Gasteiger charge is 2.15. The molecule has 0 fully saturated rings. The van der Waals surface area contributed by atoms with E-state index in [0.717, 1.165) is 16.9 Å². The van der Waals surface area contributed by atoms with Crippen LogP contribution in [0.1, 0.15) is 25.3 Å². The number of allylic oxidation sites excluding steroid dienone is 1. The van der Waals surface area contributed by atoms with Crippen molar-refractivity contribution in [2.45, 2.75) is 25.9 Å². The van der Waals surface area contributed by atoms with E-state index in [1.165, 1.54) is 7.11 Å². The normalized spacial score (nSPS) is 13.1. The fraction of sp³-hybridized carbons (Fsp3) is 0.280. The lowest BCUT2D eigenvalue weighted by atomic mass is 9.96. The van der Waals surface area contributed by atoms with Crippen molar-refractivity contribution in [3.8, 4) is 17.2 Å². The first-order valence-electron chi connectivity index (χ1n) is 9.94. The number of para-hydroxylation sites is 1. The molecule has 2 aromatic rings. The summed E-state index contributed by atoms with van der Waals surface area (Å²) in [5.74, 6) is 1.27. The van der Waals surface area contributed by atoms with Crippen molar-refractivity contribution in [2.75, 3.05) is 20.3 Å². The highest BCUT2D eigenvalue weighted by Crippen LogP contribution is 2.33. The maximum atomic E-state index is 10.7. The third-order valence-electron chi connectivity index (χ3n) is 4.73. The fourth-order valence-electron chi connectivity index (χ4n) is 3.09. The van der Waals surface area contributed by atoms with Gasteiger partial charge in [-0.15, -0.1) is 0 Å². The Labute approximate surface area is 197 Å². The largest absolute Gasteiger partial charge is 0.504 e. The van der Waals surface area contributed by atoms with E-state index < -0.39 is 6.10 Å². The van der Waals surface area contributed by atoms with E-state index in [1.807, 2.05) is 49.4 Å². The predicted octanol–water partition coefficient (Wildman–Crippen LogP) is 5.10. The minimum atomic E-state index is -0.767. The third kappa shape index (κ3) is 7.72. The van der Waals surface area contributed by atoms with E-state index in [9.17, 15) is 15.3 Å². The van der Waals surface area contributed by atoms with Gasteiger partial charge in [-0.3, -0.25) is 0 Å². The van der Waals surface area contributed by atoms with Gasteiger partial charge in [-0.25, -0.2) is 0 Å². The van der Waals surface area contributed by atoms with Gasteiger partial charge < -0.3 is 24.8 Å². The van der Waals surface area contributed by atoms with Crippen LogP contribution in [-0.2, 0) is 0 Å². The Morgan fingerprint density at radius 3 is 2.58 bits per heavy atom. The van der Waals surface area contributed by atoms with E-state index in [2.05, 4.69) is 29.2 Å². The van der Waals surface area contributed by atoms with Gasteiger partial charge in [0.1, 0.15) is 12.4 Å². The number of halogens is 1. The Morgan fingerprint density at radius 2 is 1.94 bits per heavy atom. The summed E-state index contributed by atoms with van der Waals surface area (Å²) in [6, 6.07) is 13.0. The minimum Gasteiger partial charge on any atom is -0.504 e. The van der Waals surface area contributed by atoms with Gasteiger partial charge in [0.25, 0.3) is 0 Å². The standard InChI is InChI=1S/C25H29IO5/c1-17(13-19-14-22(26)25(29)24(15-19)30-3)9-10-23(28)21(11-12-27)18(2)16-31-20-7-5-4-6-8-20/h4-8,11,13-15,23,27-29H,2,9-10,12,16H2,1,3H3/b17-13+,21-11-. The van der Waals surface area contributed by atoms with E-state index in [-0.39, 0.29) is 19.0 Å². The summed E-state index contributed by atoms with van der Waals surface area (Å²) < 4.78 is 11.6. The molecule has 0 spiro atoms. The zero-order chi connectivity index (χ0) is 22.8. The van der Waals surface area contributed by atoms with Crippen molar-refractivity contribution in [2.24, 2.45) is 0 Å². The summed E-state index contributed by atoms with van der Waals surface area (Å²) in [7, 11) is 1.52. The lowest BCUT2D eigenvalue weighted by Crippen LogP contribution is -2.16. The van der Waals surface area contributed by atoms with Crippen molar-refractivity contribution in [3.05, 3.63) is 81.0 Å². The van der Waals surface area contributed by atoms with Crippen molar-refractivity contribution >= 4 is 28.7 Å². The first-order valence-corrected chi connectivity index (χ1v) is 11.0. The van der Waals surface area contributed by atoms with Gasteiger partial charge in [-0.2, -0.15) is 0 Å². The molecule has 0 aliphatic carbocycles. The van der Waals surface area contributed by atoms with Crippen molar-refractivity contribution in [3.63, 3.8) is 0 Å². The van der Waals surface area contributed by atoms with Crippen LogP contribution in [-0.4, -0.2) is 41.7 Å². The number of phenolic OH excluding ortho intramolecular Hbond substituents is 1. The van der Waals surface area contributed by atoms with E-state index in [1.54, 1.807) is 12.1 Å². The number of hydrogen-bond donors (Lipinski definition) is 3. The number of ether oxygens (including phenoxy) is 2. The van der Waals surface area contributed by atoms with Crippen LogP contribution < -0.4 is 9.47 Å². The predicted molar refractivity (Wildman–Crippen MR) is 133 cm³/mol. The van der Waals surface area contributed by atoms with Gasteiger partial charge in [0, 0.05) is 0 Å². The van der Waals surface area contributed by atoms with Gasteiger partial charge in [-0.05, 0) is 83.3 Å². The molecule has 0 radical (unpaired) electrons. The van der Waals surface area contributed by atoms with Crippen LogP contribution in [0, 0.1) is 3.57 Å². The average molecular weight is 536 g/mol. The van der Waals surface area contributed by atoms with Gasteiger partial charge >= 0.3 is 0 Å². The average Bonchev–Trinajstić information content (AvgIpc) is 2.77. The van der Waals surface area contributed by atoms with Crippen LogP contribution in [0.15, 0.2) is 71.8 Å². The summed E-state index contributed by atoms with van der Waals surface area (Å²) >= 11 is 2.06. The molecule has 0 amide bonds. The molecule has 2 rings (SSSR count). The highest BCUT2D eigenvalue weighted by molar-refractivity contribution is 14.1. The van der Waals surface area contributed by atoms with Gasteiger partial charge in [0.05, 0.1) is 23.4 Å². The quantitative estimate of drug-likeness (QED) is 0.275. The molecular weight excluding hydrogens is 507 g/mol. The number of aromatic hydroxyl groups is 1. The Bertz CT molecular complexity index is 934. The molecule has 0 aromatic heterocycles. The topological polar surface area (TPSA) is 79.2 Å². The number of rotatable bonds is 11. The number of aliphatic hydroxyl groups excluding tert-OH is 2. The fourth-order valence-corrected chi connectivity index (χ4v) is 3.72. The van der Waals surface area contributed by atoms with Gasteiger partial charge in [0.2, 0.25) is 0 Å². The lowest BCUT2D eigenvalue weighted by molar-refractivity contribution is 0.198. The maximum Gasteiger partial charge on any atom is 0.171 e. The highest BCUT2D eigenvalue weighted by atomic mass is 127. The van der Waals surface area contributed by atoms with Crippen molar-refractivity contribution in [1.82, 2.24) is 0 Å². The SMILES string of the molecule is C=C(COc1ccccc1)/C(=C/CO)C(O)CC/C(C)=C/c1cc(I)c(O)c(OC)c1. The number of aliphatic hydroxyl groups is 2. The Balaban J connectivity index is 2.00. The molecule has 1 atom stereocenters. The summed E-state index contributed by atoms with van der Waals surface area (Å²) in [6.45, 7) is 6.06. The van der Waals surface area contributed by atoms with Crippen LogP contribution in [0.3, 0.4) is 0 Å². The maximum absolute atomic E-state index is 10.7. The van der Waals surface area contributed by atoms with Crippen LogP contribution in [0.25, 0.3) is 6.08 Å². The Kier molecular flexibility index (Phi) is 10.1. The number of hydrogen-bond acceptors (Lipinski definition) is 5. The molecule has 6 heteroatoms. The van der Waals surface area contributed by atoms with Crippen LogP contribution in [0.2, 0.25) is 0 Å². The molecule has 0 heterocycles. The van der Waals surface area contributed by atoms with E-state index >= 15 is 0 Å².